The molecule has 1 aromatic carbocycles. The van der Waals surface area contributed by atoms with Gasteiger partial charge in [-0.15, -0.1) is 0 Å². The molecule has 0 aliphatic carbocycles. The van der Waals surface area contributed by atoms with E-state index in [9.17, 15) is 9.59 Å². The number of nitrogens with one attached hydrogen (secondary N) is 1. The van der Waals surface area contributed by atoms with Gasteiger partial charge in [-0.3, -0.25) is 4.79 Å². The molecular formula is C14H20N2O4. The van der Waals surface area contributed by atoms with Gasteiger partial charge in [0.05, 0.1) is 13.2 Å². The Morgan fingerprint density at radius 2 is 1.95 bits per heavy atom. The number of amides is 1. The van der Waals surface area contributed by atoms with Gasteiger partial charge >= 0.3 is 5.97 Å². The Kier molecular flexibility index (Phi) is 6.69. The lowest BCUT2D eigenvalue weighted by molar-refractivity contribution is -0.146. The van der Waals surface area contributed by atoms with Crippen molar-refractivity contribution >= 4 is 17.6 Å². The molecule has 1 amide bonds. The number of para-hydroxylation sites is 1. The highest BCUT2D eigenvalue weighted by Gasteiger charge is 2.23. The number of carbonyl (C=O) groups excluding carboxylic acids is 2. The van der Waals surface area contributed by atoms with E-state index in [0.717, 1.165) is 5.56 Å². The standard InChI is InChI=1S/C14H20N2O4/c1-3-19-9-10-7-5-6-8-11(10)16-13(17)12(15)14(18)20-4-2/h5-8,12H,3-4,9,15H2,1-2H3,(H,16,17). The number of hydrogen-bond acceptors (Lipinski definition) is 5. The first kappa shape index (κ1) is 16.1. The summed E-state index contributed by atoms with van der Waals surface area (Å²) in [6.07, 6.45) is 0. The first-order valence-corrected chi connectivity index (χ1v) is 6.48. The maximum Gasteiger partial charge on any atom is 0.332 e. The summed E-state index contributed by atoms with van der Waals surface area (Å²) in [7, 11) is 0. The molecule has 0 bridgehead atoms. The van der Waals surface area contributed by atoms with E-state index in [4.69, 9.17) is 15.2 Å². The molecule has 6 nitrogen and oxygen atoms in total. The van der Waals surface area contributed by atoms with Crippen molar-refractivity contribution < 1.29 is 19.1 Å². The first-order chi connectivity index (χ1) is 9.60. The van der Waals surface area contributed by atoms with Gasteiger partial charge in [-0.05, 0) is 19.9 Å². The van der Waals surface area contributed by atoms with E-state index < -0.39 is 17.9 Å². The molecule has 1 rings (SSSR count). The van der Waals surface area contributed by atoms with E-state index in [-0.39, 0.29) is 6.61 Å². The quantitative estimate of drug-likeness (QED) is 0.575. The zero-order valence-corrected chi connectivity index (χ0v) is 11.7. The average Bonchev–Trinajstić information content (AvgIpc) is 2.45. The molecule has 1 atom stereocenters. The van der Waals surface area contributed by atoms with Crippen molar-refractivity contribution in [1.29, 1.82) is 0 Å². The van der Waals surface area contributed by atoms with Crippen LogP contribution in [-0.4, -0.2) is 31.1 Å². The van der Waals surface area contributed by atoms with E-state index >= 15 is 0 Å². The van der Waals surface area contributed by atoms with Crippen molar-refractivity contribution in [3.63, 3.8) is 0 Å². The smallest absolute Gasteiger partial charge is 0.332 e. The summed E-state index contributed by atoms with van der Waals surface area (Å²) >= 11 is 0. The lowest BCUT2D eigenvalue weighted by atomic mass is 10.1. The van der Waals surface area contributed by atoms with Crippen LogP contribution < -0.4 is 11.1 Å². The maximum atomic E-state index is 11.9. The number of ether oxygens (including phenoxy) is 2. The molecule has 0 aliphatic heterocycles. The fraction of sp³-hybridized carbons (Fsp3) is 0.429. The number of hydrogen-bond donors (Lipinski definition) is 2. The molecule has 0 heterocycles. The fourth-order valence-corrected chi connectivity index (χ4v) is 1.53. The summed E-state index contributed by atoms with van der Waals surface area (Å²) in [5.41, 5.74) is 6.92. The molecule has 1 aromatic rings. The lowest BCUT2D eigenvalue weighted by Crippen LogP contribution is -2.43. The van der Waals surface area contributed by atoms with Crippen molar-refractivity contribution in [2.45, 2.75) is 26.5 Å². The van der Waals surface area contributed by atoms with Gasteiger partial charge in [0.1, 0.15) is 0 Å². The van der Waals surface area contributed by atoms with Crippen molar-refractivity contribution in [3.05, 3.63) is 29.8 Å². The van der Waals surface area contributed by atoms with Crippen LogP contribution in [0.2, 0.25) is 0 Å². The highest BCUT2D eigenvalue weighted by molar-refractivity contribution is 6.08. The molecule has 3 N–H and O–H groups in total. The molecule has 0 radical (unpaired) electrons. The second kappa shape index (κ2) is 8.29. The number of esters is 1. The minimum absolute atomic E-state index is 0.181. The largest absolute Gasteiger partial charge is 0.464 e. The minimum atomic E-state index is -1.34. The van der Waals surface area contributed by atoms with Gasteiger partial charge in [0, 0.05) is 17.9 Å². The van der Waals surface area contributed by atoms with Gasteiger partial charge in [0.2, 0.25) is 0 Å². The molecule has 0 saturated carbocycles. The van der Waals surface area contributed by atoms with Crippen molar-refractivity contribution in [2.75, 3.05) is 18.5 Å². The molecule has 0 aliphatic rings. The molecule has 0 spiro atoms. The Hall–Kier alpha value is -1.92. The number of anilines is 1. The van der Waals surface area contributed by atoms with Crippen LogP contribution in [0, 0.1) is 0 Å². The van der Waals surface area contributed by atoms with Gasteiger partial charge in [-0.25, -0.2) is 4.79 Å². The Labute approximate surface area is 118 Å². The molecule has 20 heavy (non-hydrogen) atoms. The molecule has 1 unspecified atom stereocenters. The van der Waals surface area contributed by atoms with Crippen LogP contribution in [0.25, 0.3) is 0 Å². The van der Waals surface area contributed by atoms with Crippen molar-refractivity contribution in [2.24, 2.45) is 5.73 Å². The van der Waals surface area contributed by atoms with Crippen molar-refractivity contribution in [3.8, 4) is 0 Å². The van der Waals surface area contributed by atoms with E-state index in [0.29, 0.717) is 18.9 Å². The van der Waals surface area contributed by atoms with Crippen LogP contribution in [-0.2, 0) is 25.7 Å². The summed E-state index contributed by atoms with van der Waals surface area (Å²) in [5.74, 6) is -1.35. The Morgan fingerprint density at radius 1 is 1.25 bits per heavy atom. The van der Waals surface area contributed by atoms with Gasteiger partial charge in [0.25, 0.3) is 5.91 Å². The Balaban J connectivity index is 2.72. The van der Waals surface area contributed by atoms with Gasteiger partial charge in [0.15, 0.2) is 6.04 Å². The second-order valence-electron chi connectivity index (χ2n) is 4.01. The van der Waals surface area contributed by atoms with Gasteiger partial charge in [-0.2, -0.15) is 0 Å². The van der Waals surface area contributed by atoms with Crippen LogP contribution in [0.5, 0.6) is 0 Å². The third-order valence-electron chi connectivity index (χ3n) is 2.56. The summed E-state index contributed by atoms with van der Waals surface area (Å²) in [6, 6.07) is 5.84. The molecular weight excluding hydrogens is 260 g/mol. The molecule has 0 saturated heterocycles. The predicted octanol–water partition coefficient (Wildman–Crippen LogP) is 1.05. The number of benzene rings is 1. The number of nitrogens with two attached hydrogens (primary N) is 1. The summed E-state index contributed by atoms with van der Waals surface area (Å²) < 4.78 is 10.0. The van der Waals surface area contributed by atoms with Crippen LogP contribution in [0.3, 0.4) is 0 Å². The van der Waals surface area contributed by atoms with Crippen molar-refractivity contribution in [1.82, 2.24) is 0 Å². The van der Waals surface area contributed by atoms with Gasteiger partial charge in [-0.1, -0.05) is 18.2 Å². The number of carbonyl (C=O) groups is 2. The van der Waals surface area contributed by atoms with Crippen LogP contribution in [0.4, 0.5) is 5.69 Å². The van der Waals surface area contributed by atoms with E-state index in [1.165, 1.54) is 0 Å². The Bertz CT molecular complexity index is 462. The SMILES string of the molecule is CCOCc1ccccc1NC(=O)C(N)C(=O)OCC. The average molecular weight is 280 g/mol. The molecule has 0 aromatic heterocycles. The summed E-state index contributed by atoms with van der Waals surface area (Å²) in [5, 5.41) is 2.61. The predicted molar refractivity (Wildman–Crippen MR) is 75.0 cm³/mol. The highest BCUT2D eigenvalue weighted by Crippen LogP contribution is 2.16. The monoisotopic (exact) mass is 280 g/mol. The zero-order chi connectivity index (χ0) is 15.0. The lowest BCUT2D eigenvalue weighted by Gasteiger charge is -2.14. The fourth-order valence-electron chi connectivity index (χ4n) is 1.53. The normalized spacial score (nSPS) is 11.8. The molecule has 6 heteroatoms. The minimum Gasteiger partial charge on any atom is -0.464 e. The first-order valence-electron chi connectivity index (χ1n) is 6.48. The second-order valence-corrected chi connectivity index (χ2v) is 4.01. The van der Waals surface area contributed by atoms with Crippen LogP contribution in [0.15, 0.2) is 24.3 Å². The summed E-state index contributed by atoms with van der Waals surface area (Å²) in [4.78, 5) is 23.3. The third kappa shape index (κ3) is 4.64. The topological polar surface area (TPSA) is 90.6 Å². The Morgan fingerprint density at radius 3 is 2.60 bits per heavy atom. The highest BCUT2D eigenvalue weighted by atomic mass is 16.5. The molecule has 110 valence electrons. The van der Waals surface area contributed by atoms with Crippen LogP contribution >= 0.6 is 0 Å². The van der Waals surface area contributed by atoms with E-state index in [2.05, 4.69) is 5.32 Å². The van der Waals surface area contributed by atoms with E-state index in [1.54, 1.807) is 19.1 Å². The number of rotatable bonds is 7. The third-order valence-corrected chi connectivity index (χ3v) is 2.56. The molecule has 0 fully saturated rings. The zero-order valence-electron chi connectivity index (χ0n) is 11.7. The van der Waals surface area contributed by atoms with Crippen LogP contribution in [0.1, 0.15) is 19.4 Å². The summed E-state index contributed by atoms with van der Waals surface area (Å²) in [6.45, 7) is 4.67. The maximum absolute atomic E-state index is 11.9. The van der Waals surface area contributed by atoms with E-state index in [1.807, 2.05) is 19.1 Å². The van der Waals surface area contributed by atoms with Gasteiger partial charge < -0.3 is 20.5 Å².